The van der Waals surface area contributed by atoms with Crippen molar-refractivity contribution in [1.29, 1.82) is 0 Å². The van der Waals surface area contributed by atoms with E-state index in [1.54, 1.807) is 0 Å². The van der Waals surface area contributed by atoms with Gasteiger partial charge >= 0.3 is 0 Å². The maximum atomic E-state index is 6.30. The summed E-state index contributed by atoms with van der Waals surface area (Å²) in [4.78, 5) is 4.36. The van der Waals surface area contributed by atoms with E-state index in [-0.39, 0.29) is 6.04 Å². The molecule has 1 N–H and O–H groups in total. The highest BCUT2D eigenvalue weighted by Gasteiger charge is 2.15. The summed E-state index contributed by atoms with van der Waals surface area (Å²) in [6.07, 6.45) is 5.61. The molecule has 1 aromatic carbocycles. The average molecular weight is 312 g/mol. The largest absolute Gasteiger partial charge is 0.338 e. The molecular weight excluding hydrogens is 293 g/mol. The molecule has 0 aliphatic carbocycles. The third-order valence-electron chi connectivity index (χ3n) is 3.36. The molecule has 0 fully saturated rings. The van der Waals surface area contributed by atoms with E-state index in [2.05, 4.69) is 17.2 Å². The van der Waals surface area contributed by atoms with Gasteiger partial charge < -0.3 is 9.88 Å². The van der Waals surface area contributed by atoms with Gasteiger partial charge in [0.1, 0.15) is 5.82 Å². The van der Waals surface area contributed by atoms with Gasteiger partial charge in [-0.15, -0.1) is 0 Å². The van der Waals surface area contributed by atoms with Crippen molar-refractivity contribution < 1.29 is 0 Å². The number of imidazole rings is 1. The van der Waals surface area contributed by atoms with Crippen LogP contribution in [0.25, 0.3) is 0 Å². The standard InChI is InChI=1S/C15H19Cl2N3/c1-3-18-14(6-7-15-19-8-9-20(15)2)12-10-11(16)4-5-13(12)17/h4-5,8-10,14,18H,3,6-7H2,1-2H3. The van der Waals surface area contributed by atoms with Crippen molar-refractivity contribution in [3.8, 4) is 0 Å². The molecule has 1 heterocycles. The predicted octanol–water partition coefficient (Wildman–Crippen LogP) is 4.01. The zero-order valence-electron chi connectivity index (χ0n) is 11.7. The number of aryl methyl sites for hydroxylation is 2. The van der Waals surface area contributed by atoms with Gasteiger partial charge in [0.2, 0.25) is 0 Å². The molecule has 0 bridgehead atoms. The van der Waals surface area contributed by atoms with E-state index in [4.69, 9.17) is 23.2 Å². The normalized spacial score (nSPS) is 12.6. The van der Waals surface area contributed by atoms with E-state index in [0.29, 0.717) is 5.02 Å². The maximum Gasteiger partial charge on any atom is 0.108 e. The summed E-state index contributed by atoms with van der Waals surface area (Å²) in [5.74, 6) is 1.08. The molecule has 108 valence electrons. The molecule has 1 atom stereocenters. The van der Waals surface area contributed by atoms with Crippen LogP contribution in [0.4, 0.5) is 0 Å². The van der Waals surface area contributed by atoms with Gasteiger partial charge in [0.05, 0.1) is 0 Å². The van der Waals surface area contributed by atoms with Gasteiger partial charge in [0.15, 0.2) is 0 Å². The first kappa shape index (κ1) is 15.4. The molecule has 5 heteroatoms. The van der Waals surface area contributed by atoms with Crippen molar-refractivity contribution in [3.05, 3.63) is 52.0 Å². The fourth-order valence-electron chi connectivity index (χ4n) is 2.31. The zero-order valence-corrected chi connectivity index (χ0v) is 13.2. The number of halogens is 2. The molecule has 0 saturated carbocycles. The van der Waals surface area contributed by atoms with E-state index in [1.165, 1.54) is 0 Å². The number of aromatic nitrogens is 2. The van der Waals surface area contributed by atoms with Gasteiger partial charge in [0.25, 0.3) is 0 Å². The minimum Gasteiger partial charge on any atom is -0.338 e. The topological polar surface area (TPSA) is 29.9 Å². The lowest BCUT2D eigenvalue weighted by atomic mass is 10.0. The van der Waals surface area contributed by atoms with E-state index in [0.717, 1.165) is 35.8 Å². The second kappa shape index (κ2) is 7.11. The van der Waals surface area contributed by atoms with Crippen LogP contribution in [0.1, 0.15) is 30.8 Å². The Hall–Kier alpha value is -1.03. The van der Waals surface area contributed by atoms with Gasteiger partial charge in [-0.2, -0.15) is 0 Å². The minimum atomic E-state index is 0.183. The molecule has 2 aromatic rings. The van der Waals surface area contributed by atoms with Crippen molar-refractivity contribution >= 4 is 23.2 Å². The van der Waals surface area contributed by atoms with Crippen LogP contribution < -0.4 is 5.32 Å². The quantitative estimate of drug-likeness (QED) is 0.873. The number of hydrogen-bond donors (Lipinski definition) is 1. The molecular formula is C15H19Cl2N3. The van der Waals surface area contributed by atoms with Crippen LogP contribution in [0, 0.1) is 0 Å². The third-order valence-corrected chi connectivity index (χ3v) is 3.94. The van der Waals surface area contributed by atoms with Crippen molar-refractivity contribution in [3.63, 3.8) is 0 Å². The van der Waals surface area contributed by atoms with E-state index in [9.17, 15) is 0 Å². The first-order valence-corrected chi connectivity index (χ1v) is 7.52. The molecule has 0 aliphatic rings. The highest BCUT2D eigenvalue weighted by Crippen LogP contribution is 2.29. The second-order valence-electron chi connectivity index (χ2n) is 4.77. The Morgan fingerprint density at radius 1 is 1.35 bits per heavy atom. The Kier molecular flexibility index (Phi) is 5.46. The molecule has 0 spiro atoms. The van der Waals surface area contributed by atoms with Gasteiger partial charge in [-0.1, -0.05) is 30.1 Å². The van der Waals surface area contributed by atoms with Crippen molar-refractivity contribution in [2.24, 2.45) is 7.05 Å². The average Bonchev–Trinajstić information content (AvgIpc) is 2.83. The highest BCUT2D eigenvalue weighted by atomic mass is 35.5. The Balaban J connectivity index is 2.14. The smallest absolute Gasteiger partial charge is 0.108 e. The first-order chi connectivity index (χ1) is 9.61. The molecule has 0 aliphatic heterocycles. The van der Waals surface area contributed by atoms with Gasteiger partial charge in [-0.25, -0.2) is 4.98 Å². The monoisotopic (exact) mass is 311 g/mol. The lowest BCUT2D eigenvalue weighted by molar-refractivity contribution is 0.506. The summed E-state index contributed by atoms with van der Waals surface area (Å²) in [7, 11) is 2.01. The third kappa shape index (κ3) is 3.75. The zero-order chi connectivity index (χ0) is 14.5. The van der Waals surface area contributed by atoms with Crippen LogP contribution in [-0.4, -0.2) is 16.1 Å². The number of benzene rings is 1. The molecule has 2 rings (SSSR count). The summed E-state index contributed by atoms with van der Waals surface area (Å²) in [5.41, 5.74) is 1.05. The molecule has 20 heavy (non-hydrogen) atoms. The SMILES string of the molecule is CCNC(CCc1nccn1C)c1cc(Cl)ccc1Cl. The van der Waals surface area contributed by atoms with Gasteiger partial charge in [-0.05, 0) is 36.7 Å². The summed E-state index contributed by atoms with van der Waals surface area (Å²) in [5, 5.41) is 4.93. The molecule has 3 nitrogen and oxygen atoms in total. The Morgan fingerprint density at radius 2 is 2.15 bits per heavy atom. The molecule has 1 unspecified atom stereocenters. The number of nitrogens with zero attached hydrogens (tertiary/aromatic N) is 2. The first-order valence-electron chi connectivity index (χ1n) is 6.76. The number of rotatable bonds is 6. The second-order valence-corrected chi connectivity index (χ2v) is 5.61. The van der Waals surface area contributed by atoms with Crippen molar-refractivity contribution in [2.45, 2.75) is 25.8 Å². The van der Waals surface area contributed by atoms with E-state index >= 15 is 0 Å². The number of nitrogens with one attached hydrogen (secondary N) is 1. The Morgan fingerprint density at radius 3 is 2.80 bits per heavy atom. The van der Waals surface area contributed by atoms with Crippen LogP contribution in [0.15, 0.2) is 30.6 Å². The van der Waals surface area contributed by atoms with Crippen LogP contribution in [0.3, 0.4) is 0 Å². The summed E-state index contributed by atoms with van der Waals surface area (Å²) in [6, 6.07) is 5.79. The summed E-state index contributed by atoms with van der Waals surface area (Å²) in [6.45, 7) is 2.97. The Labute approximate surface area is 129 Å². The minimum absolute atomic E-state index is 0.183. The number of hydrogen-bond acceptors (Lipinski definition) is 2. The van der Waals surface area contributed by atoms with Crippen LogP contribution in [0.2, 0.25) is 10.0 Å². The molecule has 0 saturated heterocycles. The molecule has 0 amide bonds. The van der Waals surface area contributed by atoms with Crippen molar-refractivity contribution in [2.75, 3.05) is 6.54 Å². The summed E-state index contributed by atoms with van der Waals surface area (Å²) >= 11 is 12.4. The highest BCUT2D eigenvalue weighted by molar-refractivity contribution is 6.33. The van der Waals surface area contributed by atoms with Gasteiger partial charge in [0, 0.05) is 41.9 Å². The Bertz CT molecular complexity index is 566. The van der Waals surface area contributed by atoms with Crippen LogP contribution >= 0.6 is 23.2 Å². The molecule has 0 radical (unpaired) electrons. The fourth-order valence-corrected chi connectivity index (χ4v) is 2.74. The predicted molar refractivity (Wildman–Crippen MR) is 84.4 cm³/mol. The van der Waals surface area contributed by atoms with Crippen LogP contribution in [-0.2, 0) is 13.5 Å². The van der Waals surface area contributed by atoms with E-state index in [1.807, 2.05) is 42.2 Å². The van der Waals surface area contributed by atoms with Crippen LogP contribution in [0.5, 0.6) is 0 Å². The fraction of sp³-hybridized carbons (Fsp3) is 0.400. The summed E-state index contributed by atoms with van der Waals surface area (Å²) < 4.78 is 2.04. The molecule has 1 aromatic heterocycles. The van der Waals surface area contributed by atoms with Crippen molar-refractivity contribution in [1.82, 2.24) is 14.9 Å². The van der Waals surface area contributed by atoms with Gasteiger partial charge in [-0.3, -0.25) is 0 Å². The lowest BCUT2D eigenvalue weighted by Crippen LogP contribution is -2.22. The van der Waals surface area contributed by atoms with E-state index < -0.39 is 0 Å². The lowest BCUT2D eigenvalue weighted by Gasteiger charge is -2.20. The maximum absolute atomic E-state index is 6.30.